The van der Waals surface area contributed by atoms with Crippen LogP contribution in [0.25, 0.3) is 11.4 Å². The van der Waals surface area contributed by atoms with Gasteiger partial charge in [-0.25, -0.2) is 0 Å². The van der Waals surface area contributed by atoms with Crippen molar-refractivity contribution in [2.75, 3.05) is 28.4 Å². The summed E-state index contributed by atoms with van der Waals surface area (Å²) in [6.07, 6.45) is 0. The lowest BCUT2D eigenvalue weighted by Gasteiger charge is -2.15. The Hall–Kier alpha value is -3.55. The molecule has 8 heteroatoms. The van der Waals surface area contributed by atoms with Crippen LogP contribution in [0, 0.1) is 0 Å². The maximum absolute atomic E-state index is 12.6. The first-order valence-electron chi connectivity index (χ1n) is 8.50. The molecular formula is C20H21N3O5. The van der Waals surface area contributed by atoms with Gasteiger partial charge in [0, 0.05) is 18.2 Å². The molecule has 28 heavy (non-hydrogen) atoms. The van der Waals surface area contributed by atoms with Crippen molar-refractivity contribution in [3.8, 4) is 28.6 Å². The first-order valence-corrected chi connectivity index (χ1v) is 8.50. The van der Waals surface area contributed by atoms with Crippen LogP contribution in [0.2, 0.25) is 0 Å². The molecule has 1 heterocycles. The number of nitrogens with zero attached hydrogens (tertiary/aromatic N) is 3. The molecule has 1 amide bonds. The molecule has 3 aromatic rings. The molecule has 3 rings (SSSR count). The average molecular weight is 383 g/mol. The minimum Gasteiger partial charge on any atom is -0.497 e. The molecular weight excluding hydrogens is 362 g/mol. The van der Waals surface area contributed by atoms with E-state index in [2.05, 4.69) is 10.1 Å². The molecule has 0 aliphatic heterocycles. The van der Waals surface area contributed by atoms with Gasteiger partial charge < -0.3 is 23.6 Å². The zero-order valence-electron chi connectivity index (χ0n) is 16.1. The van der Waals surface area contributed by atoms with E-state index in [1.807, 2.05) is 0 Å². The summed E-state index contributed by atoms with van der Waals surface area (Å²) in [5.41, 5.74) is 1.23. The Balaban J connectivity index is 1.74. The second-order valence-electron chi connectivity index (χ2n) is 5.97. The molecule has 0 saturated heterocycles. The molecule has 2 aromatic carbocycles. The third-order valence-electron chi connectivity index (χ3n) is 4.15. The number of ether oxygens (including phenoxy) is 3. The van der Waals surface area contributed by atoms with Gasteiger partial charge in [0.15, 0.2) is 11.5 Å². The van der Waals surface area contributed by atoms with Crippen LogP contribution in [-0.4, -0.2) is 49.3 Å². The van der Waals surface area contributed by atoms with Crippen molar-refractivity contribution in [2.24, 2.45) is 0 Å². The second-order valence-corrected chi connectivity index (χ2v) is 5.97. The highest BCUT2D eigenvalue weighted by Gasteiger charge is 2.17. The highest BCUT2D eigenvalue weighted by molar-refractivity contribution is 5.94. The molecule has 0 aliphatic carbocycles. The summed E-state index contributed by atoms with van der Waals surface area (Å²) in [4.78, 5) is 18.5. The lowest BCUT2D eigenvalue weighted by Crippen LogP contribution is -2.26. The van der Waals surface area contributed by atoms with E-state index in [-0.39, 0.29) is 12.5 Å². The molecule has 0 spiro atoms. The van der Waals surface area contributed by atoms with Crippen LogP contribution in [0.4, 0.5) is 0 Å². The van der Waals surface area contributed by atoms with Crippen LogP contribution in [0.3, 0.4) is 0 Å². The lowest BCUT2D eigenvalue weighted by atomic mass is 10.2. The summed E-state index contributed by atoms with van der Waals surface area (Å²) in [5, 5.41) is 3.99. The van der Waals surface area contributed by atoms with Gasteiger partial charge in [-0.3, -0.25) is 4.79 Å². The maximum atomic E-state index is 12.6. The van der Waals surface area contributed by atoms with E-state index >= 15 is 0 Å². The van der Waals surface area contributed by atoms with E-state index in [9.17, 15) is 4.79 Å². The molecule has 0 aliphatic rings. The first-order chi connectivity index (χ1) is 13.5. The number of carbonyl (C=O) groups excluding carboxylic acids is 1. The quantitative estimate of drug-likeness (QED) is 0.620. The fourth-order valence-electron chi connectivity index (χ4n) is 2.66. The minimum atomic E-state index is -0.176. The highest BCUT2D eigenvalue weighted by Crippen LogP contribution is 2.31. The van der Waals surface area contributed by atoms with Crippen molar-refractivity contribution in [3.05, 3.63) is 53.9 Å². The summed E-state index contributed by atoms with van der Waals surface area (Å²) in [5.74, 6) is 2.34. The molecule has 0 saturated carbocycles. The second kappa shape index (κ2) is 8.43. The zero-order chi connectivity index (χ0) is 20.1. The molecule has 0 radical (unpaired) electrons. The third kappa shape index (κ3) is 4.06. The molecule has 0 atom stereocenters. The Labute approximate surface area is 162 Å². The van der Waals surface area contributed by atoms with Crippen molar-refractivity contribution in [3.63, 3.8) is 0 Å². The number of hydrogen-bond acceptors (Lipinski definition) is 7. The molecule has 1 aromatic heterocycles. The Morgan fingerprint density at radius 3 is 2.54 bits per heavy atom. The van der Waals surface area contributed by atoms with Crippen molar-refractivity contribution in [1.29, 1.82) is 0 Å². The topological polar surface area (TPSA) is 86.9 Å². The summed E-state index contributed by atoms with van der Waals surface area (Å²) < 4.78 is 21.0. The normalized spacial score (nSPS) is 10.4. The molecule has 0 unspecified atom stereocenters. The smallest absolute Gasteiger partial charge is 0.254 e. The fourth-order valence-corrected chi connectivity index (χ4v) is 2.66. The van der Waals surface area contributed by atoms with Gasteiger partial charge in [0.25, 0.3) is 5.91 Å². The largest absolute Gasteiger partial charge is 0.497 e. The number of hydrogen-bond donors (Lipinski definition) is 0. The monoisotopic (exact) mass is 383 g/mol. The Bertz CT molecular complexity index is 970. The van der Waals surface area contributed by atoms with Gasteiger partial charge in [-0.1, -0.05) is 11.2 Å². The van der Waals surface area contributed by atoms with Crippen molar-refractivity contribution in [1.82, 2.24) is 15.0 Å². The number of amides is 1. The molecule has 0 fully saturated rings. The first kappa shape index (κ1) is 19.2. The summed E-state index contributed by atoms with van der Waals surface area (Å²) >= 11 is 0. The summed E-state index contributed by atoms with van der Waals surface area (Å²) in [7, 11) is 6.35. The SMILES string of the molecule is COc1cccc(C(=O)N(C)Cc2nc(-c3ccc(OC)c(OC)c3)no2)c1. The fraction of sp³-hybridized carbons (Fsp3) is 0.250. The van der Waals surface area contributed by atoms with E-state index in [1.54, 1.807) is 70.8 Å². The standard InChI is InChI=1S/C20H21N3O5/c1-23(20(24)14-6-5-7-15(10-14)25-2)12-18-21-19(22-28-18)13-8-9-16(26-3)17(11-13)27-4/h5-11H,12H2,1-4H3. The van der Waals surface area contributed by atoms with E-state index in [0.717, 1.165) is 5.56 Å². The van der Waals surface area contributed by atoms with Crippen LogP contribution in [0.5, 0.6) is 17.2 Å². The highest BCUT2D eigenvalue weighted by atomic mass is 16.5. The number of methoxy groups -OCH3 is 3. The number of rotatable bonds is 7. The van der Waals surface area contributed by atoms with Crippen LogP contribution >= 0.6 is 0 Å². The van der Waals surface area contributed by atoms with Crippen LogP contribution in [0.15, 0.2) is 47.0 Å². The van der Waals surface area contributed by atoms with Gasteiger partial charge in [-0.05, 0) is 36.4 Å². The van der Waals surface area contributed by atoms with Gasteiger partial charge in [-0.2, -0.15) is 4.98 Å². The van der Waals surface area contributed by atoms with Crippen LogP contribution in [0.1, 0.15) is 16.2 Å². The predicted octanol–water partition coefficient (Wildman–Crippen LogP) is 3.03. The summed E-state index contributed by atoms with van der Waals surface area (Å²) in [6.45, 7) is 0.177. The molecule has 0 bridgehead atoms. The third-order valence-corrected chi connectivity index (χ3v) is 4.15. The van der Waals surface area contributed by atoms with Gasteiger partial charge in [-0.15, -0.1) is 0 Å². The van der Waals surface area contributed by atoms with E-state index in [0.29, 0.717) is 34.5 Å². The van der Waals surface area contributed by atoms with E-state index < -0.39 is 0 Å². The van der Waals surface area contributed by atoms with Crippen molar-refractivity contribution >= 4 is 5.91 Å². The molecule has 8 nitrogen and oxygen atoms in total. The van der Waals surface area contributed by atoms with Gasteiger partial charge in [0.1, 0.15) is 5.75 Å². The van der Waals surface area contributed by atoms with Crippen LogP contribution in [-0.2, 0) is 6.54 Å². The maximum Gasteiger partial charge on any atom is 0.254 e. The van der Waals surface area contributed by atoms with Gasteiger partial charge in [0.05, 0.1) is 27.9 Å². The van der Waals surface area contributed by atoms with Crippen LogP contribution < -0.4 is 14.2 Å². The van der Waals surface area contributed by atoms with Crippen molar-refractivity contribution in [2.45, 2.75) is 6.54 Å². The Morgan fingerprint density at radius 1 is 1.04 bits per heavy atom. The Kier molecular flexibility index (Phi) is 5.78. The number of aromatic nitrogens is 2. The average Bonchev–Trinajstić information content (AvgIpc) is 3.21. The lowest BCUT2D eigenvalue weighted by molar-refractivity contribution is 0.0769. The van der Waals surface area contributed by atoms with Crippen molar-refractivity contribution < 1.29 is 23.5 Å². The Morgan fingerprint density at radius 2 is 1.82 bits per heavy atom. The van der Waals surface area contributed by atoms with E-state index in [4.69, 9.17) is 18.7 Å². The molecule has 146 valence electrons. The predicted molar refractivity (Wildman–Crippen MR) is 102 cm³/mol. The minimum absolute atomic E-state index is 0.176. The molecule has 0 N–H and O–H groups in total. The zero-order valence-corrected chi connectivity index (χ0v) is 16.1. The summed E-state index contributed by atoms with van der Waals surface area (Å²) in [6, 6.07) is 12.3. The van der Waals surface area contributed by atoms with E-state index in [1.165, 1.54) is 4.90 Å². The van der Waals surface area contributed by atoms with Gasteiger partial charge in [0.2, 0.25) is 11.7 Å². The number of benzene rings is 2. The van der Waals surface area contributed by atoms with Gasteiger partial charge >= 0.3 is 0 Å². The number of carbonyl (C=O) groups is 1.